The summed E-state index contributed by atoms with van der Waals surface area (Å²) in [6, 6.07) is 12.7. The van der Waals surface area contributed by atoms with Crippen molar-refractivity contribution < 1.29 is 9.18 Å². The minimum atomic E-state index is -0.744. The zero-order chi connectivity index (χ0) is 13.7. The summed E-state index contributed by atoms with van der Waals surface area (Å²) in [5, 5.41) is 2.77. The zero-order valence-corrected chi connectivity index (χ0v) is 10.6. The average molecular weight is 258 g/mol. The molecule has 1 N–H and O–H groups in total. The van der Waals surface area contributed by atoms with Gasteiger partial charge in [-0.3, -0.25) is 4.79 Å². The minimum absolute atomic E-state index is 0.0255. The molecule has 0 bridgehead atoms. The summed E-state index contributed by atoms with van der Waals surface area (Å²) in [7, 11) is 0. The quantitative estimate of drug-likeness (QED) is 0.856. The van der Waals surface area contributed by atoms with Gasteiger partial charge in [0.2, 0.25) is 5.95 Å². The first-order chi connectivity index (χ1) is 9.16. The van der Waals surface area contributed by atoms with Gasteiger partial charge in [-0.25, -0.2) is 4.98 Å². The van der Waals surface area contributed by atoms with Crippen LogP contribution in [-0.4, -0.2) is 16.9 Å². The molecule has 3 nitrogen and oxygen atoms in total. The smallest absolute Gasteiger partial charge is 0.256 e. The Morgan fingerprint density at radius 1 is 1.26 bits per heavy atom. The van der Waals surface area contributed by atoms with Crippen molar-refractivity contribution in [3.05, 3.63) is 65.7 Å². The number of carbonyl (C=O) groups is 1. The van der Waals surface area contributed by atoms with Gasteiger partial charge in [0.15, 0.2) is 0 Å². The Morgan fingerprint density at radius 2 is 2.00 bits per heavy atom. The number of pyridine rings is 1. The Hall–Kier alpha value is -2.23. The van der Waals surface area contributed by atoms with E-state index < -0.39 is 11.9 Å². The number of benzene rings is 1. The summed E-state index contributed by atoms with van der Waals surface area (Å²) in [5.74, 6) is -1.18. The number of hydrogen-bond donors (Lipinski definition) is 1. The predicted molar refractivity (Wildman–Crippen MR) is 71.3 cm³/mol. The molecule has 0 aliphatic carbocycles. The average Bonchev–Trinajstić information content (AvgIpc) is 2.40. The molecule has 98 valence electrons. The van der Waals surface area contributed by atoms with Crippen LogP contribution in [0.1, 0.15) is 22.8 Å². The summed E-state index contributed by atoms with van der Waals surface area (Å²) >= 11 is 0. The van der Waals surface area contributed by atoms with E-state index in [1.165, 1.54) is 12.3 Å². The second-order valence-corrected chi connectivity index (χ2v) is 4.41. The molecule has 0 aliphatic rings. The van der Waals surface area contributed by atoms with Gasteiger partial charge in [-0.05, 0) is 31.0 Å². The maximum Gasteiger partial charge on any atom is 0.256 e. The van der Waals surface area contributed by atoms with E-state index in [1.54, 1.807) is 6.07 Å². The molecule has 19 heavy (non-hydrogen) atoms. The molecule has 4 heteroatoms. The number of hydrogen-bond acceptors (Lipinski definition) is 2. The summed E-state index contributed by atoms with van der Waals surface area (Å²) in [4.78, 5) is 15.3. The fourth-order valence-corrected chi connectivity index (χ4v) is 1.88. The van der Waals surface area contributed by atoms with Crippen molar-refractivity contribution in [1.29, 1.82) is 0 Å². The fraction of sp³-hybridized carbons (Fsp3) is 0.200. The molecule has 0 saturated heterocycles. The van der Waals surface area contributed by atoms with Gasteiger partial charge < -0.3 is 5.32 Å². The highest BCUT2D eigenvalue weighted by atomic mass is 19.1. The number of aromatic nitrogens is 1. The van der Waals surface area contributed by atoms with Crippen LogP contribution < -0.4 is 5.32 Å². The maximum atomic E-state index is 13.3. The van der Waals surface area contributed by atoms with Gasteiger partial charge in [-0.15, -0.1) is 0 Å². The van der Waals surface area contributed by atoms with Gasteiger partial charge in [0.25, 0.3) is 5.91 Å². The molecule has 0 spiro atoms. The highest BCUT2D eigenvalue weighted by Crippen LogP contribution is 2.06. The number of rotatable bonds is 4. The molecule has 2 aromatic rings. The number of nitrogens with zero attached hydrogens (tertiary/aromatic N) is 1. The van der Waals surface area contributed by atoms with Crippen molar-refractivity contribution in [2.24, 2.45) is 0 Å². The van der Waals surface area contributed by atoms with Gasteiger partial charge in [0.1, 0.15) is 0 Å². The van der Waals surface area contributed by atoms with Crippen LogP contribution in [0.15, 0.2) is 48.7 Å². The Morgan fingerprint density at radius 3 is 2.68 bits per heavy atom. The predicted octanol–water partition coefficient (Wildman–Crippen LogP) is 2.58. The molecule has 1 unspecified atom stereocenters. The summed E-state index contributed by atoms with van der Waals surface area (Å²) in [6.45, 7) is 1.89. The molecular formula is C15H15FN2O. The molecule has 0 radical (unpaired) electrons. The lowest BCUT2D eigenvalue weighted by Gasteiger charge is -2.14. The Balaban J connectivity index is 1.98. The largest absolute Gasteiger partial charge is 0.349 e. The van der Waals surface area contributed by atoms with E-state index in [0.29, 0.717) is 6.42 Å². The summed E-state index contributed by atoms with van der Waals surface area (Å²) < 4.78 is 13.3. The second kappa shape index (κ2) is 6.09. The summed E-state index contributed by atoms with van der Waals surface area (Å²) in [6.07, 6.45) is 2.02. The van der Waals surface area contributed by atoms with E-state index in [0.717, 1.165) is 5.56 Å². The van der Waals surface area contributed by atoms with Crippen LogP contribution in [-0.2, 0) is 6.42 Å². The number of nitrogens with one attached hydrogen (secondary N) is 1. The first-order valence-electron chi connectivity index (χ1n) is 6.12. The van der Waals surface area contributed by atoms with Crippen LogP contribution in [0, 0.1) is 5.95 Å². The molecule has 2 rings (SSSR count). The van der Waals surface area contributed by atoms with Crippen LogP contribution in [0.2, 0.25) is 0 Å². The van der Waals surface area contributed by atoms with Gasteiger partial charge in [-0.2, -0.15) is 4.39 Å². The van der Waals surface area contributed by atoms with Crippen molar-refractivity contribution >= 4 is 5.91 Å². The SMILES string of the molecule is CC(Cc1ccccc1)NC(=O)c1cccnc1F. The third-order valence-corrected chi connectivity index (χ3v) is 2.77. The van der Waals surface area contributed by atoms with Crippen LogP contribution in [0.4, 0.5) is 4.39 Å². The van der Waals surface area contributed by atoms with Gasteiger partial charge in [0, 0.05) is 12.2 Å². The molecule has 0 fully saturated rings. The van der Waals surface area contributed by atoms with Crippen molar-refractivity contribution in [3.8, 4) is 0 Å². The maximum absolute atomic E-state index is 13.3. The highest BCUT2D eigenvalue weighted by molar-refractivity contribution is 5.94. The van der Waals surface area contributed by atoms with E-state index in [2.05, 4.69) is 10.3 Å². The lowest BCUT2D eigenvalue weighted by atomic mass is 10.1. The Kier molecular flexibility index (Phi) is 4.23. The number of amides is 1. The summed E-state index contributed by atoms with van der Waals surface area (Å²) in [5.41, 5.74) is 1.10. The minimum Gasteiger partial charge on any atom is -0.349 e. The highest BCUT2D eigenvalue weighted by Gasteiger charge is 2.14. The van der Waals surface area contributed by atoms with Crippen molar-refractivity contribution in [2.45, 2.75) is 19.4 Å². The van der Waals surface area contributed by atoms with Crippen LogP contribution in [0.3, 0.4) is 0 Å². The first kappa shape index (κ1) is 13.2. The van der Waals surface area contributed by atoms with E-state index in [-0.39, 0.29) is 11.6 Å². The van der Waals surface area contributed by atoms with Crippen LogP contribution >= 0.6 is 0 Å². The zero-order valence-electron chi connectivity index (χ0n) is 10.6. The number of halogens is 1. The molecule has 1 aromatic carbocycles. The van der Waals surface area contributed by atoms with Crippen LogP contribution in [0.5, 0.6) is 0 Å². The second-order valence-electron chi connectivity index (χ2n) is 4.41. The fourth-order valence-electron chi connectivity index (χ4n) is 1.88. The van der Waals surface area contributed by atoms with Crippen molar-refractivity contribution in [2.75, 3.05) is 0 Å². The molecule has 1 amide bonds. The van der Waals surface area contributed by atoms with Gasteiger partial charge >= 0.3 is 0 Å². The van der Waals surface area contributed by atoms with E-state index >= 15 is 0 Å². The monoisotopic (exact) mass is 258 g/mol. The van der Waals surface area contributed by atoms with Crippen molar-refractivity contribution in [1.82, 2.24) is 10.3 Å². The lowest BCUT2D eigenvalue weighted by Crippen LogP contribution is -2.34. The molecule has 1 heterocycles. The van der Waals surface area contributed by atoms with Gasteiger partial charge in [0.05, 0.1) is 5.56 Å². The third kappa shape index (κ3) is 3.61. The normalized spacial score (nSPS) is 11.9. The number of carbonyl (C=O) groups excluding carboxylic acids is 1. The molecular weight excluding hydrogens is 243 g/mol. The Bertz CT molecular complexity index is 557. The van der Waals surface area contributed by atoms with E-state index in [9.17, 15) is 9.18 Å². The molecule has 1 aromatic heterocycles. The first-order valence-corrected chi connectivity index (χ1v) is 6.12. The lowest BCUT2D eigenvalue weighted by molar-refractivity contribution is 0.0935. The van der Waals surface area contributed by atoms with E-state index in [4.69, 9.17) is 0 Å². The van der Waals surface area contributed by atoms with Crippen molar-refractivity contribution in [3.63, 3.8) is 0 Å². The molecule has 0 aliphatic heterocycles. The van der Waals surface area contributed by atoms with E-state index in [1.807, 2.05) is 37.3 Å². The molecule has 1 atom stereocenters. The topological polar surface area (TPSA) is 42.0 Å². The van der Waals surface area contributed by atoms with Gasteiger partial charge in [-0.1, -0.05) is 30.3 Å². The van der Waals surface area contributed by atoms with Crippen LogP contribution in [0.25, 0.3) is 0 Å². The third-order valence-electron chi connectivity index (χ3n) is 2.77. The standard InChI is InChI=1S/C15H15FN2O/c1-11(10-12-6-3-2-4-7-12)18-15(19)13-8-5-9-17-14(13)16/h2-9,11H,10H2,1H3,(H,18,19). The molecule has 0 saturated carbocycles. The Labute approximate surface area is 111 Å².